The Kier molecular flexibility index (Phi) is 6.23. The fourth-order valence-corrected chi connectivity index (χ4v) is 9.05. The van der Waals surface area contributed by atoms with Gasteiger partial charge in [-0.05, 0) is 114 Å². The second kappa shape index (κ2) is 11.2. The fourth-order valence-electron chi connectivity index (χ4n) is 9.05. The van der Waals surface area contributed by atoms with E-state index in [-0.39, 0.29) is 0 Å². The van der Waals surface area contributed by atoms with E-state index in [4.69, 9.17) is 4.42 Å². The molecule has 1 aliphatic carbocycles. The second-order valence-corrected chi connectivity index (χ2v) is 14.0. The zero-order valence-electron chi connectivity index (χ0n) is 28.4. The van der Waals surface area contributed by atoms with Crippen LogP contribution in [0.15, 0.2) is 199 Å². The van der Waals surface area contributed by atoms with Gasteiger partial charge in [-0.15, -0.1) is 0 Å². The summed E-state index contributed by atoms with van der Waals surface area (Å²) < 4.78 is 6.23. The average molecular weight is 661 g/mol. The molecule has 0 aliphatic heterocycles. The van der Waals surface area contributed by atoms with Crippen LogP contribution >= 0.6 is 0 Å². The van der Waals surface area contributed by atoms with Gasteiger partial charge in [-0.1, -0.05) is 158 Å². The zero-order chi connectivity index (χ0) is 34.2. The molecule has 1 heterocycles. The Hall–Kier alpha value is -6.70. The van der Waals surface area contributed by atoms with Crippen LogP contribution in [0.2, 0.25) is 0 Å². The van der Waals surface area contributed by atoms with Crippen LogP contribution in [0.5, 0.6) is 0 Å². The Balaban J connectivity index is 1.13. The van der Waals surface area contributed by atoms with Gasteiger partial charge in [-0.25, -0.2) is 0 Å². The lowest BCUT2D eigenvalue weighted by Gasteiger charge is -2.35. The van der Waals surface area contributed by atoms with E-state index in [1.807, 2.05) is 12.1 Å². The fraction of sp³-hybridized carbons (Fsp3) is 0.0196. The van der Waals surface area contributed by atoms with Gasteiger partial charge in [-0.3, -0.25) is 0 Å². The first-order valence-corrected chi connectivity index (χ1v) is 18.0. The van der Waals surface area contributed by atoms with Crippen molar-refractivity contribution < 1.29 is 4.42 Å². The Labute approximate surface area is 302 Å². The summed E-state index contributed by atoms with van der Waals surface area (Å²) >= 11 is 0. The molecule has 0 fully saturated rings. The lowest BCUT2D eigenvalue weighted by molar-refractivity contribution is 0.669. The third-order valence-electron chi connectivity index (χ3n) is 11.3. The summed E-state index contributed by atoms with van der Waals surface area (Å²) in [5, 5.41) is 7.28. The highest BCUT2D eigenvalue weighted by Gasteiger charge is 2.48. The highest BCUT2D eigenvalue weighted by atomic mass is 16.3. The van der Waals surface area contributed by atoms with Crippen molar-refractivity contribution in [3.63, 3.8) is 0 Å². The number of hydrogen-bond donors (Lipinski definition) is 0. The van der Waals surface area contributed by atoms with Gasteiger partial charge in [0.2, 0.25) is 0 Å². The van der Waals surface area contributed by atoms with Gasteiger partial charge in [0.15, 0.2) is 0 Å². The molecule has 52 heavy (non-hydrogen) atoms. The number of furan rings is 1. The Morgan fingerprint density at radius 3 is 1.71 bits per heavy atom. The van der Waals surface area contributed by atoms with Crippen molar-refractivity contribution in [2.24, 2.45) is 0 Å². The highest BCUT2D eigenvalue weighted by molar-refractivity contribution is 6.08. The van der Waals surface area contributed by atoms with Crippen LogP contribution in [-0.2, 0) is 5.41 Å². The van der Waals surface area contributed by atoms with E-state index < -0.39 is 5.41 Å². The predicted molar refractivity (Wildman–Crippen MR) is 217 cm³/mol. The maximum absolute atomic E-state index is 6.23. The molecule has 0 N–H and O–H groups in total. The first-order valence-electron chi connectivity index (χ1n) is 18.0. The summed E-state index contributed by atoms with van der Waals surface area (Å²) in [6.07, 6.45) is 0. The van der Waals surface area contributed by atoms with E-state index in [1.54, 1.807) is 0 Å². The Bertz CT molecular complexity index is 2960. The van der Waals surface area contributed by atoms with Gasteiger partial charge in [0, 0.05) is 10.8 Å². The molecule has 0 bridgehead atoms. The monoisotopic (exact) mass is 660 g/mol. The topological polar surface area (TPSA) is 13.1 Å². The molecule has 0 atom stereocenters. The minimum absolute atomic E-state index is 0.475. The molecule has 10 aromatic rings. The molecule has 11 rings (SSSR count). The Morgan fingerprint density at radius 2 is 0.923 bits per heavy atom. The van der Waals surface area contributed by atoms with Crippen LogP contribution < -0.4 is 0 Å². The second-order valence-electron chi connectivity index (χ2n) is 14.0. The molecule has 1 heteroatoms. The molecule has 1 aromatic heterocycles. The molecule has 0 unspecified atom stereocenters. The summed E-state index contributed by atoms with van der Waals surface area (Å²) in [5.41, 5.74) is 14.0. The normalized spacial score (nSPS) is 13.2. The van der Waals surface area contributed by atoms with E-state index in [0.29, 0.717) is 0 Å². The first-order chi connectivity index (χ1) is 25.8. The van der Waals surface area contributed by atoms with Gasteiger partial charge in [0.25, 0.3) is 0 Å². The summed E-state index contributed by atoms with van der Waals surface area (Å²) in [5.74, 6) is 0. The van der Waals surface area contributed by atoms with Crippen molar-refractivity contribution >= 4 is 43.5 Å². The zero-order valence-corrected chi connectivity index (χ0v) is 28.4. The van der Waals surface area contributed by atoms with E-state index in [9.17, 15) is 0 Å². The van der Waals surface area contributed by atoms with Crippen LogP contribution in [0.4, 0.5) is 0 Å². The highest BCUT2D eigenvalue weighted by Crippen LogP contribution is 2.60. The van der Waals surface area contributed by atoms with Gasteiger partial charge in [-0.2, -0.15) is 0 Å². The van der Waals surface area contributed by atoms with Crippen LogP contribution in [0.25, 0.3) is 76.9 Å². The number of rotatable bonds is 4. The molecule has 0 amide bonds. The lowest BCUT2D eigenvalue weighted by Crippen LogP contribution is -2.28. The first kappa shape index (κ1) is 29.1. The Morgan fingerprint density at radius 1 is 0.346 bits per heavy atom. The minimum Gasteiger partial charge on any atom is -0.456 e. The molecular weight excluding hydrogens is 629 g/mol. The largest absolute Gasteiger partial charge is 0.456 e. The summed E-state index contributed by atoms with van der Waals surface area (Å²) in [6, 6.07) is 71.2. The molecule has 0 radical (unpaired) electrons. The quantitative estimate of drug-likeness (QED) is 0.183. The van der Waals surface area contributed by atoms with Gasteiger partial charge in [0.1, 0.15) is 11.2 Å². The SMILES string of the molecule is c1ccc(C2(c3ccccc3)c3ccccc3-c3c(-c4ccc5cc(-c6ccc7c(c6)oc6ccccc67)ccc5c4)cc4ccccc4c32)cc1. The van der Waals surface area contributed by atoms with Crippen molar-refractivity contribution in [3.8, 4) is 33.4 Å². The molecule has 9 aromatic carbocycles. The summed E-state index contributed by atoms with van der Waals surface area (Å²) in [6.45, 7) is 0. The van der Waals surface area contributed by atoms with Crippen molar-refractivity contribution in [3.05, 3.63) is 216 Å². The van der Waals surface area contributed by atoms with E-state index in [1.165, 1.54) is 71.6 Å². The van der Waals surface area contributed by atoms with Crippen LogP contribution in [0.1, 0.15) is 22.3 Å². The third-order valence-corrected chi connectivity index (χ3v) is 11.3. The molecule has 242 valence electrons. The van der Waals surface area contributed by atoms with Crippen molar-refractivity contribution in [2.45, 2.75) is 5.41 Å². The lowest BCUT2D eigenvalue weighted by atomic mass is 9.66. The van der Waals surface area contributed by atoms with E-state index in [0.717, 1.165) is 27.5 Å². The van der Waals surface area contributed by atoms with Crippen LogP contribution in [-0.4, -0.2) is 0 Å². The van der Waals surface area contributed by atoms with Crippen LogP contribution in [0.3, 0.4) is 0 Å². The number of para-hydroxylation sites is 1. The minimum atomic E-state index is -0.475. The van der Waals surface area contributed by atoms with Crippen molar-refractivity contribution in [1.82, 2.24) is 0 Å². The third kappa shape index (κ3) is 4.11. The molecule has 0 spiro atoms. The van der Waals surface area contributed by atoms with Crippen LogP contribution in [0, 0.1) is 0 Å². The van der Waals surface area contributed by atoms with Crippen molar-refractivity contribution in [2.75, 3.05) is 0 Å². The molecular formula is C51H32O. The maximum Gasteiger partial charge on any atom is 0.136 e. The van der Waals surface area contributed by atoms with Crippen molar-refractivity contribution in [1.29, 1.82) is 0 Å². The standard InChI is InChI=1S/C51H32O/c1-3-14-39(15-4-1)51(40-16-5-2-6-17-40)46-21-11-9-20-44(46)49-45(31-37-13-7-8-18-41(37)50(49)51)38-26-25-33-29-34(23-24-35(33)30-38)36-27-28-43-42-19-10-12-22-47(42)52-48(43)32-36/h1-32H. The smallest absolute Gasteiger partial charge is 0.136 e. The van der Waals surface area contributed by atoms with Gasteiger partial charge < -0.3 is 4.42 Å². The average Bonchev–Trinajstić information content (AvgIpc) is 3.75. The van der Waals surface area contributed by atoms with Gasteiger partial charge in [0.05, 0.1) is 5.41 Å². The molecule has 0 saturated heterocycles. The molecule has 1 nitrogen and oxygen atoms in total. The number of hydrogen-bond acceptors (Lipinski definition) is 1. The van der Waals surface area contributed by atoms with Gasteiger partial charge >= 0.3 is 0 Å². The number of benzene rings is 9. The summed E-state index contributed by atoms with van der Waals surface area (Å²) in [4.78, 5) is 0. The number of fused-ring (bicyclic) bond motifs is 9. The molecule has 1 aliphatic rings. The van der Waals surface area contributed by atoms with E-state index in [2.05, 4.69) is 182 Å². The maximum atomic E-state index is 6.23. The summed E-state index contributed by atoms with van der Waals surface area (Å²) in [7, 11) is 0. The molecule has 0 saturated carbocycles. The van der Waals surface area contributed by atoms with E-state index >= 15 is 0 Å². The predicted octanol–water partition coefficient (Wildman–Crippen LogP) is 13.6.